The van der Waals surface area contributed by atoms with Crippen molar-refractivity contribution in [2.75, 3.05) is 5.73 Å². The second kappa shape index (κ2) is 4.73. The molecule has 2 N–H and O–H groups in total. The largest absolute Gasteiger partial charge is 0.398 e. The van der Waals surface area contributed by atoms with Crippen molar-refractivity contribution in [3.63, 3.8) is 0 Å². The molecule has 0 saturated heterocycles. The van der Waals surface area contributed by atoms with Gasteiger partial charge in [-0.25, -0.2) is 4.98 Å². The van der Waals surface area contributed by atoms with Gasteiger partial charge in [-0.2, -0.15) is 0 Å². The molecule has 0 spiro atoms. The molecule has 0 unspecified atom stereocenters. The highest BCUT2D eigenvalue weighted by Crippen LogP contribution is 2.27. The quantitative estimate of drug-likeness (QED) is 0.831. The van der Waals surface area contributed by atoms with Crippen LogP contribution in [0.5, 0.6) is 0 Å². The van der Waals surface area contributed by atoms with Gasteiger partial charge in [0.25, 0.3) is 0 Å². The van der Waals surface area contributed by atoms with Crippen molar-refractivity contribution in [3.8, 4) is 0 Å². The van der Waals surface area contributed by atoms with Crippen molar-refractivity contribution in [1.82, 2.24) is 4.98 Å². The summed E-state index contributed by atoms with van der Waals surface area (Å²) in [6.45, 7) is 8.64. The molecule has 1 aromatic carbocycles. The number of nitrogens with two attached hydrogens (primary N) is 1. The van der Waals surface area contributed by atoms with Crippen LogP contribution < -0.4 is 5.73 Å². The Hall–Kier alpha value is -1.35. The van der Waals surface area contributed by atoms with Gasteiger partial charge in [-0.1, -0.05) is 32.9 Å². The maximum atomic E-state index is 6.16. The molecule has 0 bridgehead atoms. The number of hydrogen-bond donors (Lipinski definition) is 1. The average molecular weight is 260 g/mol. The molecule has 1 heterocycles. The summed E-state index contributed by atoms with van der Waals surface area (Å²) in [4.78, 5) is 5.54. The third-order valence-corrected chi connectivity index (χ3v) is 3.96. The smallest absolute Gasteiger partial charge is 0.0896 e. The standard InChI is InChI=1S/C15H20N2S/c1-10-17-9-13(18-10)7-11-5-6-12(8-14(11)16)15(2,3)4/h5-6,8-9H,7,16H2,1-4H3. The summed E-state index contributed by atoms with van der Waals surface area (Å²) in [6, 6.07) is 6.42. The summed E-state index contributed by atoms with van der Waals surface area (Å²) in [5.74, 6) is 0. The monoisotopic (exact) mass is 260 g/mol. The van der Waals surface area contributed by atoms with Gasteiger partial charge in [0.2, 0.25) is 0 Å². The van der Waals surface area contributed by atoms with Crippen molar-refractivity contribution < 1.29 is 0 Å². The molecule has 0 aliphatic carbocycles. The molecule has 0 saturated carbocycles. The van der Waals surface area contributed by atoms with Gasteiger partial charge >= 0.3 is 0 Å². The number of benzene rings is 1. The Labute approximate surface area is 113 Å². The van der Waals surface area contributed by atoms with Gasteiger partial charge in [0, 0.05) is 23.2 Å². The molecule has 0 atom stereocenters. The minimum atomic E-state index is 0.147. The SMILES string of the molecule is Cc1ncc(Cc2ccc(C(C)(C)C)cc2N)s1. The molecule has 2 aromatic rings. The molecule has 0 amide bonds. The van der Waals surface area contributed by atoms with Gasteiger partial charge < -0.3 is 5.73 Å². The van der Waals surface area contributed by atoms with Gasteiger partial charge in [-0.15, -0.1) is 11.3 Å². The summed E-state index contributed by atoms with van der Waals surface area (Å²) in [6.07, 6.45) is 2.82. The summed E-state index contributed by atoms with van der Waals surface area (Å²) in [7, 11) is 0. The first-order chi connectivity index (χ1) is 8.36. The average Bonchev–Trinajstić information content (AvgIpc) is 2.65. The second-order valence-corrected chi connectivity index (χ2v) is 7.01. The normalized spacial score (nSPS) is 11.8. The van der Waals surface area contributed by atoms with Crippen LogP contribution in [0.15, 0.2) is 24.4 Å². The minimum Gasteiger partial charge on any atom is -0.398 e. The van der Waals surface area contributed by atoms with Gasteiger partial charge in [0.05, 0.1) is 5.01 Å². The van der Waals surface area contributed by atoms with Gasteiger partial charge in [-0.3, -0.25) is 0 Å². The van der Waals surface area contributed by atoms with E-state index in [-0.39, 0.29) is 5.41 Å². The Balaban J connectivity index is 2.25. The maximum absolute atomic E-state index is 6.16. The molecular weight excluding hydrogens is 240 g/mol. The van der Waals surface area contributed by atoms with E-state index < -0.39 is 0 Å². The summed E-state index contributed by atoms with van der Waals surface area (Å²) < 4.78 is 0. The molecule has 2 rings (SSSR count). The van der Waals surface area contributed by atoms with Crippen LogP contribution in [0.1, 0.15) is 41.8 Å². The number of hydrogen-bond acceptors (Lipinski definition) is 3. The van der Waals surface area contributed by atoms with Crippen molar-refractivity contribution in [1.29, 1.82) is 0 Å². The van der Waals surface area contributed by atoms with Crippen LogP contribution in [0, 0.1) is 6.92 Å². The van der Waals surface area contributed by atoms with Gasteiger partial charge in [0.15, 0.2) is 0 Å². The fourth-order valence-corrected chi connectivity index (χ4v) is 2.72. The number of thiazole rings is 1. The van der Waals surface area contributed by atoms with Crippen LogP contribution in [0.4, 0.5) is 5.69 Å². The van der Waals surface area contributed by atoms with E-state index in [9.17, 15) is 0 Å². The van der Waals surface area contributed by atoms with E-state index in [0.29, 0.717) is 0 Å². The number of anilines is 1. The Bertz CT molecular complexity index is 550. The van der Waals surface area contributed by atoms with Crippen LogP contribution in [0.25, 0.3) is 0 Å². The minimum absolute atomic E-state index is 0.147. The highest BCUT2D eigenvalue weighted by molar-refractivity contribution is 7.11. The highest BCUT2D eigenvalue weighted by Gasteiger charge is 2.15. The lowest BCUT2D eigenvalue weighted by Gasteiger charge is -2.20. The third kappa shape index (κ3) is 2.91. The molecule has 0 aliphatic heterocycles. The number of aromatic nitrogens is 1. The lowest BCUT2D eigenvalue weighted by atomic mass is 9.86. The third-order valence-electron chi connectivity index (χ3n) is 3.05. The van der Waals surface area contributed by atoms with E-state index in [1.54, 1.807) is 11.3 Å². The molecule has 0 fully saturated rings. The zero-order chi connectivity index (χ0) is 13.3. The fourth-order valence-electron chi connectivity index (χ4n) is 1.90. The van der Waals surface area contributed by atoms with E-state index in [1.807, 2.05) is 13.1 Å². The van der Waals surface area contributed by atoms with E-state index in [0.717, 1.165) is 17.1 Å². The van der Waals surface area contributed by atoms with Crippen LogP contribution >= 0.6 is 11.3 Å². The zero-order valence-corrected chi connectivity index (χ0v) is 12.3. The molecular formula is C15H20N2S. The molecule has 96 valence electrons. The number of rotatable bonds is 2. The summed E-state index contributed by atoms with van der Waals surface area (Å²) in [5.41, 5.74) is 9.65. The summed E-state index contributed by atoms with van der Waals surface area (Å²) in [5, 5.41) is 1.11. The first-order valence-corrected chi connectivity index (χ1v) is 6.98. The molecule has 18 heavy (non-hydrogen) atoms. The van der Waals surface area contributed by atoms with Crippen LogP contribution in [0.3, 0.4) is 0 Å². The van der Waals surface area contributed by atoms with Gasteiger partial charge in [-0.05, 0) is 29.5 Å². The molecule has 0 aliphatic rings. The van der Waals surface area contributed by atoms with E-state index >= 15 is 0 Å². The van der Waals surface area contributed by atoms with Gasteiger partial charge in [0.1, 0.15) is 0 Å². The molecule has 1 aromatic heterocycles. The Morgan fingerprint density at radius 2 is 2.00 bits per heavy atom. The molecule has 3 heteroatoms. The van der Waals surface area contributed by atoms with E-state index in [1.165, 1.54) is 16.0 Å². The first kappa shape index (κ1) is 13.1. The van der Waals surface area contributed by atoms with Crippen LogP contribution in [0.2, 0.25) is 0 Å². The topological polar surface area (TPSA) is 38.9 Å². The predicted molar refractivity (Wildman–Crippen MR) is 79.2 cm³/mol. The number of nitrogens with zero attached hydrogens (tertiary/aromatic N) is 1. The summed E-state index contributed by atoms with van der Waals surface area (Å²) >= 11 is 1.73. The Kier molecular flexibility index (Phi) is 3.44. The molecule has 0 radical (unpaired) electrons. The molecule has 2 nitrogen and oxygen atoms in total. The lowest BCUT2D eigenvalue weighted by molar-refractivity contribution is 0.590. The van der Waals surface area contributed by atoms with E-state index in [4.69, 9.17) is 5.73 Å². The van der Waals surface area contributed by atoms with Crippen molar-refractivity contribution >= 4 is 17.0 Å². The van der Waals surface area contributed by atoms with Crippen molar-refractivity contribution in [2.24, 2.45) is 0 Å². The lowest BCUT2D eigenvalue weighted by Crippen LogP contribution is -2.12. The second-order valence-electron chi connectivity index (χ2n) is 5.69. The number of aryl methyl sites for hydroxylation is 1. The van der Waals surface area contributed by atoms with Crippen LogP contribution in [-0.2, 0) is 11.8 Å². The van der Waals surface area contributed by atoms with Crippen molar-refractivity contribution in [2.45, 2.75) is 39.5 Å². The Morgan fingerprint density at radius 1 is 1.28 bits per heavy atom. The zero-order valence-electron chi connectivity index (χ0n) is 11.4. The predicted octanol–water partition coefficient (Wildman–Crippen LogP) is 3.92. The highest BCUT2D eigenvalue weighted by atomic mass is 32.1. The maximum Gasteiger partial charge on any atom is 0.0896 e. The van der Waals surface area contributed by atoms with Crippen molar-refractivity contribution in [3.05, 3.63) is 45.4 Å². The fraction of sp³-hybridized carbons (Fsp3) is 0.400. The Morgan fingerprint density at radius 3 is 2.50 bits per heavy atom. The number of nitrogen functional groups attached to an aromatic ring is 1. The van der Waals surface area contributed by atoms with Crippen LogP contribution in [-0.4, -0.2) is 4.98 Å². The van der Waals surface area contributed by atoms with E-state index in [2.05, 4.69) is 44.0 Å². The first-order valence-electron chi connectivity index (χ1n) is 6.16.